The van der Waals surface area contributed by atoms with Gasteiger partial charge in [-0.25, -0.2) is 0 Å². The molecule has 0 spiro atoms. The van der Waals surface area contributed by atoms with Crippen LogP contribution in [0.1, 0.15) is 51.9 Å². The van der Waals surface area contributed by atoms with E-state index in [-0.39, 0.29) is 0 Å². The number of rotatable bonds is 5. The van der Waals surface area contributed by atoms with Crippen molar-refractivity contribution in [2.24, 2.45) is 23.2 Å². The quantitative estimate of drug-likeness (QED) is 0.775. The largest absolute Gasteiger partial charge is 0.379 e. The van der Waals surface area contributed by atoms with E-state index in [1.54, 1.807) is 0 Å². The van der Waals surface area contributed by atoms with E-state index in [2.05, 4.69) is 11.8 Å². The summed E-state index contributed by atoms with van der Waals surface area (Å²) in [6.07, 6.45) is 9.17. The van der Waals surface area contributed by atoms with E-state index in [4.69, 9.17) is 4.74 Å². The van der Waals surface area contributed by atoms with Gasteiger partial charge in [0.05, 0.1) is 13.2 Å². The molecule has 4 heteroatoms. The first kappa shape index (κ1) is 16.8. The lowest BCUT2D eigenvalue weighted by atomic mass is 9.49. The fourth-order valence-corrected chi connectivity index (χ4v) is 6.59. The molecule has 4 saturated carbocycles. The van der Waals surface area contributed by atoms with Crippen molar-refractivity contribution in [3.63, 3.8) is 0 Å². The Bertz CT molecular complexity index is 437. The lowest BCUT2D eigenvalue weighted by Gasteiger charge is -2.57. The molecule has 136 valence electrons. The molecular weight excluding hydrogens is 300 g/mol. The van der Waals surface area contributed by atoms with Gasteiger partial charge in [0.2, 0.25) is 5.91 Å². The Morgan fingerprint density at radius 1 is 1.12 bits per heavy atom. The van der Waals surface area contributed by atoms with Crippen molar-refractivity contribution in [1.29, 1.82) is 0 Å². The maximum atomic E-state index is 12.9. The number of morpholine rings is 1. The zero-order chi connectivity index (χ0) is 16.7. The van der Waals surface area contributed by atoms with Crippen LogP contribution in [0.5, 0.6) is 0 Å². The summed E-state index contributed by atoms with van der Waals surface area (Å²) in [4.78, 5) is 17.4. The predicted octanol–water partition coefficient (Wildman–Crippen LogP) is 2.77. The zero-order valence-electron chi connectivity index (χ0n) is 15.5. The minimum Gasteiger partial charge on any atom is -0.379 e. The predicted molar refractivity (Wildman–Crippen MR) is 94.7 cm³/mol. The molecule has 0 unspecified atom stereocenters. The molecule has 0 radical (unpaired) electrons. The van der Waals surface area contributed by atoms with E-state index in [9.17, 15) is 4.79 Å². The van der Waals surface area contributed by atoms with E-state index in [1.165, 1.54) is 38.5 Å². The summed E-state index contributed by atoms with van der Waals surface area (Å²) in [6.45, 7) is 6.76. The highest BCUT2D eigenvalue weighted by Crippen LogP contribution is 2.61. The van der Waals surface area contributed by atoms with Crippen LogP contribution in [0.2, 0.25) is 0 Å². The second kappa shape index (κ2) is 6.60. The van der Waals surface area contributed by atoms with Crippen molar-refractivity contribution in [2.45, 2.75) is 57.9 Å². The molecule has 1 aliphatic heterocycles. The molecule has 5 fully saturated rings. The topological polar surface area (TPSA) is 32.8 Å². The maximum Gasteiger partial charge on any atom is 0.222 e. The molecule has 0 aromatic rings. The summed E-state index contributed by atoms with van der Waals surface area (Å²) in [6, 6.07) is 0.430. The lowest BCUT2D eigenvalue weighted by molar-refractivity contribution is -0.139. The standard InChI is InChI=1S/C20H34N2O2/c1-15(22-3-5-24-6-4-22)14-21(2)19(23)13-20-10-16-7-17(11-20)9-18(8-16)12-20/h15-18H,3-14H2,1-2H3/t15-,16?,17?,18?,20?/m1/s1. The van der Waals surface area contributed by atoms with Gasteiger partial charge in [-0.2, -0.15) is 0 Å². The van der Waals surface area contributed by atoms with Gasteiger partial charge in [0.15, 0.2) is 0 Å². The first-order valence-electron chi connectivity index (χ1n) is 10.1. The molecule has 5 rings (SSSR count). The smallest absolute Gasteiger partial charge is 0.222 e. The summed E-state index contributed by atoms with van der Waals surface area (Å²) in [5, 5.41) is 0. The van der Waals surface area contributed by atoms with Gasteiger partial charge < -0.3 is 9.64 Å². The highest BCUT2D eigenvalue weighted by molar-refractivity contribution is 5.76. The average Bonchev–Trinajstić information content (AvgIpc) is 2.53. The minimum atomic E-state index is 0.363. The van der Waals surface area contributed by atoms with Gasteiger partial charge in [-0.15, -0.1) is 0 Å². The Labute approximate surface area is 146 Å². The Morgan fingerprint density at radius 3 is 2.21 bits per heavy atom. The van der Waals surface area contributed by atoms with E-state index in [0.717, 1.165) is 57.0 Å². The van der Waals surface area contributed by atoms with Gasteiger partial charge in [-0.05, 0) is 68.6 Å². The fourth-order valence-electron chi connectivity index (χ4n) is 6.59. The van der Waals surface area contributed by atoms with Crippen molar-refractivity contribution in [3.8, 4) is 0 Å². The molecule has 0 aromatic heterocycles. The van der Waals surface area contributed by atoms with Crippen molar-refractivity contribution in [3.05, 3.63) is 0 Å². The molecular formula is C20H34N2O2. The first-order chi connectivity index (χ1) is 11.5. The number of likely N-dealkylation sites (N-methyl/N-ethyl adjacent to an activating group) is 1. The van der Waals surface area contributed by atoms with Crippen molar-refractivity contribution in [2.75, 3.05) is 39.9 Å². The number of hydrogen-bond donors (Lipinski definition) is 0. The van der Waals surface area contributed by atoms with Crippen LogP contribution in [-0.4, -0.2) is 61.6 Å². The first-order valence-corrected chi connectivity index (χ1v) is 10.1. The normalized spacial score (nSPS) is 39.8. The molecule has 0 aromatic carbocycles. The third kappa shape index (κ3) is 3.37. The van der Waals surface area contributed by atoms with Crippen LogP contribution in [0.15, 0.2) is 0 Å². The van der Waals surface area contributed by atoms with Gasteiger partial charge in [0, 0.05) is 39.1 Å². The van der Waals surface area contributed by atoms with Crippen LogP contribution in [0, 0.1) is 23.2 Å². The van der Waals surface area contributed by atoms with Crippen molar-refractivity contribution < 1.29 is 9.53 Å². The van der Waals surface area contributed by atoms with Crippen LogP contribution >= 0.6 is 0 Å². The summed E-state index contributed by atoms with van der Waals surface area (Å²) in [7, 11) is 2.01. The van der Waals surface area contributed by atoms with Gasteiger partial charge in [0.1, 0.15) is 0 Å². The molecule has 24 heavy (non-hydrogen) atoms. The van der Waals surface area contributed by atoms with E-state index in [0.29, 0.717) is 17.4 Å². The summed E-state index contributed by atoms with van der Waals surface area (Å²) >= 11 is 0. The van der Waals surface area contributed by atoms with Crippen molar-refractivity contribution >= 4 is 5.91 Å². The number of hydrogen-bond acceptors (Lipinski definition) is 3. The number of ether oxygens (including phenoxy) is 1. The molecule has 1 heterocycles. The second-order valence-electron chi connectivity index (χ2n) is 9.37. The summed E-state index contributed by atoms with van der Waals surface area (Å²) < 4.78 is 5.44. The van der Waals surface area contributed by atoms with E-state index in [1.807, 2.05) is 11.9 Å². The lowest BCUT2D eigenvalue weighted by Crippen LogP contribution is -2.50. The summed E-state index contributed by atoms with van der Waals surface area (Å²) in [5.74, 6) is 3.18. The minimum absolute atomic E-state index is 0.363. The van der Waals surface area contributed by atoms with Gasteiger partial charge >= 0.3 is 0 Å². The number of nitrogens with zero attached hydrogens (tertiary/aromatic N) is 2. The highest BCUT2D eigenvalue weighted by Gasteiger charge is 2.51. The van der Waals surface area contributed by atoms with Crippen molar-refractivity contribution in [1.82, 2.24) is 9.80 Å². The highest BCUT2D eigenvalue weighted by atomic mass is 16.5. The maximum absolute atomic E-state index is 12.9. The Morgan fingerprint density at radius 2 is 1.67 bits per heavy atom. The molecule has 1 saturated heterocycles. The van der Waals surface area contributed by atoms with Crippen LogP contribution < -0.4 is 0 Å². The van der Waals surface area contributed by atoms with E-state index >= 15 is 0 Å². The molecule has 1 amide bonds. The molecule has 0 N–H and O–H groups in total. The van der Waals surface area contributed by atoms with Crippen LogP contribution in [0.4, 0.5) is 0 Å². The SMILES string of the molecule is C[C@H](CN(C)C(=O)CC12CC3CC(CC(C3)C1)C2)N1CCOCC1. The monoisotopic (exact) mass is 334 g/mol. The van der Waals surface area contributed by atoms with Crippen LogP contribution in [0.25, 0.3) is 0 Å². The summed E-state index contributed by atoms with van der Waals surface area (Å²) in [5.41, 5.74) is 0.363. The average molecular weight is 335 g/mol. The van der Waals surface area contributed by atoms with Gasteiger partial charge in [-0.1, -0.05) is 0 Å². The third-order valence-corrected chi connectivity index (χ3v) is 7.32. The number of amides is 1. The second-order valence-corrected chi connectivity index (χ2v) is 9.37. The Hall–Kier alpha value is -0.610. The zero-order valence-corrected chi connectivity index (χ0v) is 15.5. The van der Waals surface area contributed by atoms with Gasteiger partial charge in [-0.3, -0.25) is 9.69 Å². The molecule has 4 nitrogen and oxygen atoms in total. The Balaban J connectivity index is 1.32. The van der Waals surface area contributed by atoms with Crippen LogP contribution in [-0.2, 0) is 9.53 Å². The van der Waals surface area contributed by atoms with Gasteiger partial charge in [0.25, 0.3) is 0 Å². The Kier molecular flexibility index (Phi) is 4.63. The molecule has 4 bridgehead atoms. The molecule has 1 atom stereocenters. The van der Waals surface area contributed by atoms with E-state index < -0.39 is 0 Å². The fraction of sp³-hybridized carbons (Fsp3) is 0.950. The number of carbonyl (C=O) groups is 1. The number of carbonyl (C=O) groups excluding carboxylic acids is 1. The molecule has 4 aliphatic carbocycles. The van der Waals surface area contributed by atoms with Crippen LogP contribution in [0.3, 0.4) is 0 Å². The molecule has 5 aliphatic rings. The third-order valence-electron chi connectivity index (χ3n) is 7.32.